The van der Waals surface area contributed by atoms with E-state index >= 15 is 0 Å². The van der Waals surface area contributed by atoms with Crippen LogP contribution in [0.2, 0.25) is 0 Å². The molecule has 122 valence electrons. The maximum Gasteiger partial charge on any atom is 0.328 e. The Kier molecular flexibility index (Phi) is 4.47. The monoisotopic (exact) mass is 333 g/mol. The fraction of sp³-hybridized carbons (Fsp3) is 0.438. The number of likely N-dealkylation sites (tertiary alicyclic amines) is 1. The predicted octanol–water partition coefficient (Wildman–Crippen LogP) is 1.52. The first-order valence-electron chi connectivity index (χ1n) is 7.70. The molecule has 1 unspecified atom stereocenters. The summed E-state index contributed by atoms with van der Waals surface area (Å²) in [7, 11) is 0. The summed E-state index contributed by atoms with van der Waals surface area (Å²) in [5, 5.41) is 1.89. The van der Waals surface area contributed by atoms with Crippen molar-refractivity contribution >= 4 is 17.2 Å². The van der Waals surface area contributed by atoms with Gasteiger partial charge in [0.25, 0.3) is 11.5 Å². The topological polar surface area (TPSA) is 75.2 Å². The van der Waals surface area contributed by atoms with Gasteiger partial charge < -0.3 is 9.88 Å². The Morgan fingerprint density at radius 3 is 2.96 bits per heavy atom. The van der Waals surface area contributed by atoms with Crippen LogP contribution >= 0.6 is 11.3 Å². The molecule has 2 aromatic heterocycles. The van der Waals surface area contributed by atoms with Crippen molar-refractivity contribution in [1.82, 2.24) is 14.5 Å². The van der Waals surface area contributed by atoms with Crippen molar-refractivity contribution in [3.63, 3.8) is 0 Å². The van der Waals surface area contributed by atoms with E-state index in [1.807, 2.05) is 17.5 Å². The van der Waals surface area contributed by atoms with Crippen molar-refractivity contribution in [2.24, 2.45) is 5.92 Å². The molecule has 0 aromatic carbocycles. The lowest BCUT2D eigenvalue weighted by atomic mass is 10.00. The molecule has 1 amide bonds. The summed E-state index contributed by atoms with van der Waals surface area (Å²) >= 11 is 1.47. The van der Waals surface area contributed by atoms with Crippen molar-refractivity contribution < 1.29 is 4.79 Å². The summed E-state index contributed by atoms with van der Waals surface area (Å²) in [6.07, 6.45) is 3.29. The molecule has 6 nitrogen and oxygen atoms in total. The number of hydrogen-bond acceptors (Lipinski definition) is 4. The van der Waals surface area contributed by atoms with Gasteiger partial charge in [-0.1, -0.05) is 13.0 Å². The van der Waals surface area contributed by atoms with Crippen LogP contribution in [0.15, 0.2) is 33.3 Å². The van der Waals surface area contributed by atoms with Gasteiger partial charge in [0.05, 0.1) is 6.54 Å². The lowest BCUT2D eigenvalue weighted by Gasteiger charge is -2.30. The Hall–Kier alpha value is -2.15. The molecule has 0 aliphatic carbocycles. The Bertz CT molecular complexity index is 807. The van der Waals surface area contributed by atoms with Crippen molar-refractivity contribution in [2.45, 2.75) is 26.3 Å². The van der Waals surface area contributed by atoms with E-state index in [-0.39, 0.29) is 18.0 Å². The Balaban J connectivity index is 1.92. The molecule has 1 aliphatic heterocycles. The maximum atomic E-state index is 12.6. The number of aromatic amines is 1. The van der Waals surface area contributed by atoms with Gasteiger partial charge in [-0.05, 0) is 30.2 Å². The van der Waals surface area contributed by atoms with Gasteiger partial charge in [-0.3, -0.25) is 14.2 Å². The van der Waals surface area contributed by atoms with Crippen molar-refractivity contribution in [2.75, 3.05) is 13.1 Å². The van der Waals surface area contributed by atoms with E-state index in [1.165, 1.54) is 17.5 Å². The summed E-state index contributed by atoms with van der Waals surface area (Å²) < 4.78 is 1.09. The Morgan fingerprint density at radius 1 is 1.43 bits per heavy atom. The maximum absolute atomic E-state index is 12.6. The zero-order chi connectivity index (χ0) is 16.4. The average Bonchev–Trinajstić information content (AvgIpc) is 3.04. The number of hydrogen-bond donors (Lipinski definition) is 1. The molecule has 1 saturated heterocycles. The standard InChI is InChI=1S/C16H19N3O3S/c1-11-4-2-6-18(9-11)14(20)13-8-17-16(22)19(15(13)21)10-12-5-3-7-23-12/h3,5,7-8,11H,2,4,6,9-10H2,1H3,(H,17,22). The molecule has 0 radical (unpaired) electrons. The summed E-state index contributed by atoms with van der Waals surface area (Å²) in [5.41, 5.74) is -0.979. The van der Waals surface area contributed by atoms with Crippen LogP contribution in [0.3, 0.4) is 0 Å². The molecule has 1 atom stereocenters. The number of H-pyrrole nitrogens is 1. The molecule has 0 spiro atoms. The zero-order valence-corrected chi connectivity index (χ0v) is 13.8. The normalized spacial score (nSPS) is 18.1. The second kappa shape index (κ2) is 6.54. The molecular weight excluding hydrogens is 314 g/mol. The molecule has 0 saturated carbocycles. The number of rotatable bonds is 3. The lowest BCUT2D eigenvalue weighted by Crippen LogP contribution is -2.44. The Labute approximate surface area is 137 Å². The lowest BCUT2D eigenvalue weighted by molar-refractivity contribution is 0.0680. The van der Waals surface area contributed by atoms with Gasteiger partial charge in [-0.2, -0.15) is 0 Å². The second-order valence-corrected chi connectivity index (χ2v) is 7.01. The number of thiophene rings is 1. The predicted molar refractivity (Wildman–Crippen MR) is 89.0 cm³/mol. The molecule has 1 N–H and O–H groups in total. The molecule has 1 aliphatic rings. The van der Waals surface area contributed by atoms with Crippen LogP contribution in [0.1, 0.15) is 35.0 Å². The summed E-state index contributed by atoms with van der Waals surface area (Å²) in [6, 6.07) is 3.72. The number of carbonyl (C=O) groups is 1. The van der Waals surface area contributed by atoms with Crippen molar-refractivity contribution in [3.05, 3.63) is 55.0 Å². The smallest absolute Gasteiger partial charge is 0.328 e. The minimum Gasteiger partial charge on any atom is -0.338 e. The molecule has 3 heterocycles. The van der Waals surface area contributed by atoms with Gasteiger partial charge >= 0.3 is 5.69 Å². The number of amides is 1. The first kappa shape index (κ1) is 15.7. The van der Waals surface area contributed by atoms with Crippen LogP contribution in [0.25, 0.3) is 0 Å². The number of nitrogens with one attached hydrogen (secondary N) is 1. The van der Waals surface area contributed by atoms with Gasteiger partial charge in [0, 0.05) is 24.2 Å². The SMILES string of the molecule is CC1CCCN(C(=O)c2c[nH]c(=O)n(Cc3cccs3)c2=O)C1. The first-order chi connectivity index (χ1) is 11.1. The van der Waals surface area contributed by atoms with E-state index in [1.54, 1.807) is 4.90 Å². The van der Waals surface area contributed by atoms with Crippen LogP contribution < -0.4 is 11.2 Å². The van der Waals surface area contributed by atoms with E-state index in [0.29, 0.717) is 19.0 Å². The van der Waals surface area contributed by atoms with Crippen LogP contribution in [0.4, 0.5) is 0 Å². The molecular formula is C16H19N3O3S. The average molecular weight is 333 g/mol. The number of piperidine rings is 1. The van der Waals surface area contributed by atoms with Crippen LogP contribution in [-0.4, -0.2) is 33.4 Å². The van der Waals surface area contributed by atoms with Gasteiger partial charge in [0.1, 0.15) is 5.56 Å². The minimum atomic E-state index is -0.523. The highest BCUT2D eigenvalue weighted by Crippen LogP contribution is 2.16. The highest BCUT2D eigenvalue weighted by atomic mass is 32.1. The fourth-order valence-corrected chi connectivity index (χ4v) is 3.60. The molecule has 3 rings (SSSR count). The van der Waals surface area contributed by atoms with Gasteiger partial charge in [-0.15, -0.1) is 11.3 Å². The quantitative estimate of drug-likeness (QED) is 0.925. The minimum absolute atomic E-state index is 0.0373. The third kappa shape index (κ3) is 3.29. The largest absolute Gasteiger partial charge is 0.338 e. The van der Waals surface area contributed by atoms with Crippen LogP contribution in [-0.2, 0) is 6.54 Å². The van der Waals surface area contributed by atoms with Crippen LogP contribution in [0, 0.1) is 5.92 Å². The van der Waals surface area contributed by atoms with E-state index in [2.05, 4.69) is 11.9 Å². The zero-order valence-electron chi connectivity index (χ0n) is 12.9. The third-order valence-electron chi connectivity index (χ3n) is 4.13. The molecule has 7 heteroatoms. The molecule has 2 aromatic rings. The number of aromatic nitrogens is 2. The van der Waals surface area contributed by atoms with Crippen molar-refractivity contribution in [3.8, 4) is 0 Å². The van der Waals surface area contributed by atoms with E-state index < -0.39 is 11.2 Å². The highest BCUT2D eigenvalue weighted by Gasteiger charge is 2.25. The summed E-state index contributed by atoms with van der Waals surface area (Å²) in [5.74, 6) is 0.140. The molecule has 0 bridgehead atoms. The fourth-order valence-electron chi connectivity index (χ4n) is 2.91. The number of nitrogens with zero attached hydrogens (tertiary/aromatic N) is 2. The summed E-state index contributed by atoms with van der Waals surface area (Å²) in [6.45, 7) is 3.60. The molecule has 1 fully saturated rings. The van der Waals surface area contributed by atoms with Gasteiger partial charge in [0.2, 0.25) is 0 Å². The number of carbonyl (C=O) groups excluding carboxylic acids is 1. The van der Waals surface area contributed by atoms with Gasteiger partial charge in [-0.25, -0.2) is 4.79 Å². The van der Waals surface area contributed by atoms with Crippen molar-refractivity contribution in [1.29, 1.82) is 0 Å². The second-order valence-electron chi connectivity index (χ2n) is 5.98. The first-order valence-corrected chi connectivity index (χ1v) is 8.58. The van der Waals surface area contributed by atoms with E-state index in [4.69, 9.17) is 0 Å². The van der Waals surface area contributed by atoms with Crippen LogP contribution in [0.5, 0.6) is 0 Å². The third-order valence-corrected chi connectivity index (χ3v) is 4.99. The van der Waals surface area contributed by atoms with E-state index in [9.17, 15) is 14.4 Å². The van der Waals surface area contributed by atoms with E-state index in [0.717, 1.165) is 22.3 Å². The van der Waals surface area contributed by atoms with Gasteiger partial charge in [0.15, 0.2) is 0 Å². The molecule has 23 heavy (non-hydrogen) atoms. The Morgan fingerprint density at radius 2 is 2.26 bits per heavy atom. The highest BCUT2D eigenvalue weighted by molar-refractivity contribution is 7.09. The summed E-state index contributed by atoms with van der Waals surface area (Å²) in [4.78, 5) is 42.3.